The van der Waals surface area contributed by atoms with E-state index >= 15 is 0 Å². The van der Waals surface area contributed by atoms with E-state index in [1.807, 2.05) is 0 Å². The molecule has 0 saturated heterocycles. The lowest BCUT2D eigenvalue weighted by Gasteiger charge is -2.31. The minimum Gasteiger partial charge on any atom is -0.352 e. The molecule has 16 heteroatoms. The summed E-state index contributed by atoms with van der Waals surface area (Å²) < 4.78 is 86.1. The summed E-state index contributed by atoms with van der Waals surface area (Å²) in [6.07, 6.45) is 12.9. The highest BCUT2D eigenvalue weighted by Crippen LogP contribution is 2.56. The van der Waals surface area contributed by atoms with Crippen molar-refractivity contribution >= 4 is 57.0 Å². The summed E-state index contributed by atoms with van der Waals surface area (Å²) in [7, 11) is 0. The van der Waals surface area contributed by atoms with Crippen LogP contribution in [-0.4, -0.2) is 54.6 Å². The molecule has 0 aliphatic rings. The number of carbonyl (C=O) groups excluding carboxylic acids is 2. The molecule has 0 atom stereocenters. The van der Waals surface area contributed by atoms with E-state index in [1.54, 1.807) is 49.1 Å². The maximum atomic E-state index is 12.2. The van der Waals surface area contributed by atoms with Gasteiger partial charge in [0.05, 0.1) is 11.1 Å². The lowest BCUT2D eigenvalue weighted by atomic mass is 10.1. The molecular weight excluding hydrogens is 782 g/mol. The second kappa shape index (κ2) is 16.5. The van der Waals surface area contributed by atoms with E-state index in [4.69, 9.17) is 0 Å². The minimum absolute atomic E-state index is 0.0672. The highest BCUT2D eigenvalue weighted by atomic mass is 127. The zero-order chi connectivity index (χ0) is 30.5. The van der Waals surface area contributed by atoms with Crippen molar-refractivity contribution in [3.63, 3.8) is 0 Å². The standard InChI is InChI=1S/C20H26N4O2.C4F8I2/c25-19(17-9-7-11-21-15-17)23-13-5-3-1-2-4-6-14-24-20(26)18-10-8-12-22-16-18;5-1(6,3(9,10)13)2(7,8)4(11,12)14/h7-12,15-16H,1-6,13-14H2,(H,23,25)(H,24,26);. The molecule has 224 valence electrons. The Kier molecular flexibility index (Phi) is 15.0. The van der Waals surface area contributed by atoms with Crippen molar-refractivity contribution in [2.45, 2.75) is 58.2 Å². The number of carbonyl (C=O) groups is 2. The molecular formula is C24H26F8I2N4O2. The monoisotopic (exact) mass is 808 g/mol. The Morgan fingerprint density at radius 1 is 0.625 bits per heavy atom. The molecule has 2 N–H and O–H groups in total. The first-order valence-electron chi connectivity index (χ1n) is 11.8. The number of amides is 2. The summed E-state index contributed by atoms with van der Waals surface area (Å²) in [6.45, 7) is 1.38. The molecule has 2 heterocycles. The van der Waals surface area contributed by atoms with Gasteiger partial charge in [0.15, 0.2) is 0 Å². The molecule has 2 rings (SSSR count). The molecule has 2 amide bonds. The van der Waals surface area contributed by atoms with Gasteiger partial charge < -0.3 is 10.6 Å². The van der Waals surface area contributed by atoms with E-state index in [0.29, 0.717) is 24.2 Å². The van der Waals surface area contributed by atoms with Gasteiger partial charge in [-0.25, -0.2) is 0 Å². The number of aromatic nitrogens is 2. The van der Waals surface area contributed by atoms with Crippen molar-refractivity contribution < 1.29 is 44.7 Å². The Morgan fingerprint density at radius 2 is 0.950 bits per heavy atom. The summed E-state index contributed by atoms with van der Waals surface area (Å²) in [5, 5.41) is 5.81. The van der Waals surface area contributed by atoms with Crippen LogP contribution in [0.1, 0.15) is 59.2 Å². The van der Waals surface area contributed by atoms with Gasteiger partial charge in [0, 0.05) is 83.1 Å². The predicted molar refractivity (Wildman–Crippen MR) is 149 cm³/mol. The summed E-state index contributed by atoms with van der Waals surface area (Å²) in [6, 6.07) is 7.03. The van der Waals surface area contributed by atoms with E-state index < -0.39 is 19.7 Å². The van der Waals surface area contributed by atoms with Gasteiger partial charge in [0.2, 0.25) is 0 Å². The van der Waals surface area contributed by atoms with Crippen LogP contribution in [0.4, 0.5) is 35.1 Å². The Bertz CT molecular complexity index is 957. The van der Waals surface area contributed by atoms with Crippen LogP contribution in [-0.2, 0) is 0 Å². The van der Waals surface area contributed by atoms with Gasteiger partial charge in [-0.15, -0.1) is 0 Å². The van der Waals surface area contributed by atoms with Crippen molar-refractivity contribution in [3.05, 3.63) is 60.2 Å². The van der Waals surface area contributed by atoms with E-state index in [1.165, 1.54) is 0 Å². The van der Waals surface area contributed by atoms with Crippen LogP contribution in [0.2, 0.25) is 0 Å². The van der Waals surface area contributed by atoms with Crippen molar-refractivity contribution in [2.24, 2.45) is 0 Å². The van der Waals surface area contributed by atoms with Crippen LogP contribution < -0.4 is 10.6 Å². The molecule has 6 nitrogen and oxygen atoms in total. The zero-order valence-corrected chi connectivity index (χ0v) is 25.1. The Labute approximate surface area is 252 Å². The normalized spacial score (nSPS) is 12.2. The van der Waals surface area contributed by atoms with Gasteiger partial charge in [-0.05, 0) is 37.1 Å². The molecule has 0 saturated carbocycles. The maximum absolute atomic E-state index is 12.2. The maximum Gasteiger partial charge on any atom is 0.388 e. The molecule has 2 aromatic heterocycles. The number of nitrogens with one attached hydrogen (secondary N) is 2. The van der Waals surface area contributed by atoms with Crippen LogP contribution in [0.15, 0.2) is 49.1 Å². The smallest absolute Gasteiger partial charge is 0.352 e. The number of alkyl halides is 10. The minimum atomic E-state index is -6.12. The van der Waals surface area contributed by atoms with Crippen molar-refractivity contribution in [1.29, 1.82) is 0 Å². The van der Waals surface area contributed by atoms with Crippen LogP contribution in [0.3, 0.4) is 0 Å². The first-order chi connectivity index (χ1) is 18.5. The SMILES string of the molecule is FC(F)(I)C(F)(F)C(F)(F)C(F)(F)I.O=C(NCCCCCCCCNC(=O)c1cccnc1)c1cccnc1. The summed E-state index contributed by atoms with van der Waals surface area (Å²) >= 11 is -0.631. The molecule has 2 aromatic rings. The van der Waals surface area contributed by atoms with Gasteiger partial charge in [-0.3, -0.25) is 19.6 Å². The number of unbranched alkanes of at least 4 members (excludes halogenated alkanes) is 5. The van der Waals surface area contributed by atoms with Gasteiger partial charge in [-0.1, -0.05) is 25.7 Å². The predicted octanol–water partition coefficient (Wildman–Crippen LogP) is 7.29. The molecule has 0 spiro atoms. The number of nitrogens with zero attached hydrogens (tertiary/aromatic N) is 2. The molecule has 0 radical (unpaired) electrons. The second-order valence-electron chi connectivity index (χ2n) is 8.26. The van der Waals surface area contributed by atoms with Crippen molar-refractivity contribution in [3.8, 4) is 0 Å². The fourth-order valence-corrected chi connectivity index (χ4v) is 3.59. The lowest BCUT2D eigenvalue weighted by molar-refractivity contribution is -0.312. The largest absolute Gasteiger partial charge is 0.388 e. The molecule has 0 aliphatic carbocycles. The zero-order valence-electron chi connectivity index (χ0n) is 20.8. The number of hydrogen-bond donors (Lipinski definition) is 2. The van der Waals surface area contributed by atoms with Gasteiger partial charge >= 0.3 is 19.7 Å². The van der Waals surface area contributed by atoms with E-state index in [0.717, 1.165) is 38.5 Å². The topological polar surface area (TPSA) is 84.0 Å². The van der Waals surface area contributed by atoms with Crippen molar-refractivity contribution in [2.75, 3.05) is 13.1 Å². The number of rotatable bonds is 14. The van der Waals surface area contributed by atoms with Gasteiger partial charge in [0.25, 0.3) is 11.8 Å². The van der Waals surface area contributed by atoms with Gasteiger partial charge in [0.1, 0.15) is 0 Å². The van der Waals surface area contributed by atoms with E-state index in [9.17, 15) is 44.7 Å². The first-order valence-corrected chi connectivity index (χ1v) is 13.9. The summed E-state index contributed by atoms with van der Waals surface area (Å²) in [5.41, 5.74) is 1.20. The Hall–Kier alpha value is -1.86. The highest BCUT2D eigenvalue weighted by Gasteiger charge is 2.79. The van der Waals surface area contributed by atoms with Crippen LogP contribution >= 0.6 is 45.2 Å². The third-order valence-corrected chi connectivity index (χ3v) is 6.48. The van der Waals surface area contributed by atoms with Crippen LogP contribution in [0, 0.1) is 0 Å². The van der Waals surface area contributed by atoms with Crippen LogP contribution in [0.5, 0.6) is 0 Å². The highest BCUT2D eigenvalue weighted by molar-refractivity contribution is 14.1. The molecule has 0 bridgehead atoms. The molecule has 40 heavy (non-hydrogen) atoms. The third kappa shape index (κ3) is 11.6. The fourth-order valence-electron chi connectivity index (χ4n) is 2.92. The summed E-state index contributed by atoms with van der Waals surface area (Å²) in [4.78, 5) is 31.5. The molecule has 0 aliphatic heterocycles. The van der Waals surface area contributed by atoms with Crippen LogP contribution in [0.25, 0.3) is 0 Å². The number of hydrogen-bond acceptors (Lipinski definition) is 4. The third-order valence-electron chi connectivity index (χ3n) is 5.13. The van der Waals surface area contributed by atoms with E-state index in [2.05, 4.69) is 20.6 Å². The Balaban J connectivity index is 0.000000486. The number of halogens is 10. The first kappa shape index (κ1) is 36.2. The second-order valence-corrected chi connectivity index (χ2v) is 11.0. The average molecular weight is 808 g/mol. The number of pyridine rings is 2. The molecule has 0 unspecified atom stereocenters. The fraction of sp³-hybridized carbons (Fsp3) is 0.500. The van der Waals surface area contributed by atoms with Crippen molar-refractivity contribution in [1.82, 2.24) is 20.6 Å². The lowest BCUT2D eigenvalue weighted by Crippen LogP contribution is -2.58. The van der Waals surface area contributed by atoms with E-state index in [-0.39, 0.29) is 57.0 Å². The molecule has 0 aromatic carbocycles. The average Bonchev–Trinajstić information content (AvgIpc) is 2.89. The summed E-state index contributed by atoms with van der Waals surface area (Å²) in [5.74, 6) is -12.4. The molecule has 0 fully saturated rings. The Morgan fingerprint density at radius 3 is 1.23 bits per heavy atom. The van der Waals surface area contributed by atoms with Gasteiger partial charge in [-0.2, -0.15) is 35.1 Å². The quantitative estimate of drug-likeness (QED) is 0.0910.